The van der Waals surface area contributed by atoms with E-state index in [1.54, 1.807) is 0 Å². The van der Waals surface area contributed by atoms with Crippen LogP contribution in [-0.4, -0.2) is 29.9 Å². The normalized spacial score (nSPS) is 22.6. The topological polar surface area (TPSA) is 49.3 Å². The summed E-state index contributed by atoms with van der Waals surface area (Å²) >= 11 is 1.84. The maximum Gasteiger partial charge on any atom is 0.306 e. The number of hydrogen-bond donors (Lipinski definition) is 2. The van der Waals surface area contributed by atoms with Gasteiger partial charge in [0.2, 0.25) is 0 Å². The van der Waals surface area contributed by atoms with Crippen molar-refractivity contribution < 1.29 is 9.90 Å². The Morgan fingerprint density at radius 3 is 2.75 bits per heavy atom. The second kappa shape index (κ2) is 8.32. The highest BCUT2D eigenvalue weighted by Gasteiger charge is 2.30. The van der Waals surface area contributed by atoms with Crippen molar-refractivity contribution >= 4 is 17.7 Å². The molecule has 1 aliphatic rings. The summed E-state index contributed by atoms with van der Waals surface area (Å²) in [6.07, 6.45) is 4.14. The van der Waals surface area contributed by atoms with E-state index in [9.17, 15) is 9.90 Å². The van der Waals surface area contributed by atoms with Crippen molar-refractivity contribution in [2.24, 2.45) is 11.8 Å². The van der Waals surface area contributed by atoms with Gasteiger partial charge in [0.05, 0.1) is 5.92 Å². The quantitative estimate of drug-likeness (QED) is 0.598. The Hall–Kier alpha value is -1.00. The Kier molecular flexibility index (Phi) is 6.40. The monoisotopic (exact) mass is 293 g/mol. The van der Waals surface area contributed by atoms with Crippen molar-refractivity contribution in [3.8, 4) is 0 Å². The van der Waals surface area contributed by atoms with Crippen molar-refractivity contribution in [2.75, 3.05) is 18.8 Å². The molecule has 0 spiro atoms. The van der Waals surface area contributed by atoms with Crippen molar-refractivity contribution in [3.05, 3.63) is 30.3 Å². The van der Waals surface area contributed by atoms with Crippen LogP contribution in [0.4, 0.5) is 0 Å². The number of carbonyl (C=O) groups is 1. The molecule has 0 heterocycles. The molecule has 0 aliphatic heterocycles. The third kappa shape index (κ3) is 4.84. The van der Waals surface area contributed by atoms with E-state index in [2.05, 4.69) is 29.6 Å². The van der Waals surface area contributed by atoms with E-state index in [-0.39, 0.29) is 5.92 Å². The molecule has 2 unspecified atom stereocenters. The number of thioether (sulfide) groups is 1. The minimum absolute atomic E-state index is 0.141. The van der Waals surface area contributed by atoms with Gasteiger partial charge in [0.1, 0.15) is 0 Å². The molecule has 1 aromatic carbocycles. The highest BCUT2D eigenvalue weighted by Crippen LogP contribution is 2.29. The Bertz CT molecular complexity index is 410. The van der Waals surface area contributed by atoms with E-state index in [0.29, 0.717) is 5.92 Å². The van der Waals surface area contributed by atoms with E-state index in [1.807, 2.05) is 17.8 Å². The van der Waals surface area contributed by atoms with Crippen LogP contribution in [-0.2, 0) is 4.79 Å². The van der Waals surface area contributed by atoms with E-state index in [1.165, 1.54) is 11.3 Å². The molecular weight excluding hydrogens is 270 g/mol. The summed E-state index contributed by atoms with van der Waals surface area (Å²) in [7, 11) is 0. The average molecular weight is 293 g/mol. The number of carboxylic acids is 1. The fourth-order valence-corrected chi connectivity index (χ4v) is 3.65. The lowest BCUT2D eigenvalue weighted by molar-refractivity contribution is -0.144. The van der Waals surface area contributed by atoms with E-state index >= 15 is 0 Å². The molecule has 2 atom stereocenters. The zero-order valence-corrected chi connectivity index (χ0v) is 12.6. The highest BCUT2D eigenvalue weighted by atomic mass is 32.2. The lowest BCUT2D eigenvalue weighted by Gasteiger charge is -2.28. The van der Waals surface area contributed by atoms with Gasteiger partial charge in [-0.25, -0.2) is 0 Å². The van der Waals surface area contributed by atoms with Crippen LogP contribution in [0.25, 0.3) is 0 Å². The molecule has 4 heteroatoms. The number of rotatable bonds is 7. The summed E-state index contributed by atoms with van der Waals surface area (Å²) in [6.45, 7) is 1.77. The van der Waals surface area contributed by atoms with E-state index in [4.69, 9.17) is 0 Å². The van der Waals surface area contributed by atoms with Crippen LogP contribution >= 0.6 is 11.8 Å². The molecule has 0 amide bonds. The number of aliphatic carboxylic acids is 1. The standard InChI is InChI=1S/C16H23NO2S/c18-16(19)15-9-5-4-6-13(15)12-17-10-11-20-14-7-2-1-3-8-14/h1-3,7-8,13,15,17H,4-6,9-12H2,(H,18,19). The first-order chi connectivity index (χ1) is 9.77. The van der Waals surface area contributed by atoms with Gasteiger partial charge in [-0.05, 0) is 37.4 Å². The second-order valence-corrected chi connectivity index (χ2v) is 6.52. The minimum Gasteiger partial charge on any atom is -0.481 e. The summed E-state index contributed by atoms with van der Waals surface area (Å²) in [5.41, 5.74) is 0. The van der Waals surface area contributed by atoms with Gasteiger partial charge >= 0.3 is 5.97 Å². The Morgan fingerprint density at radius 1 is 1.25 bits per heavy atom. The molecule has 0 aromatic heterocycles. The summed E-state index contributed by atoms with van der Waals surface area (Å²) < 4.78 is 0. The predicted octanol–water partition coefficient (Wildman–Crippen LogP) is 3.26. The molecule has 1 fully saturated rings. The molecule has 1 aromatic rings. The van der Waals surface area contributed by atoms with Crippen LogP contribution in [0.1, 0.15) is 25.7 Å². The zero-order chi connectivity index (χ0) is 14.2. The van der Waals surface area contributed by atoms with Crippen LogP contribution in [0.5, 0.6) is 0 Å². The number of hydrogen-bond acceptors (Lipinski definition) is 3. The predicted molar refractivity (Wildman–Crippen MR) is 83.1 cm³/mol. The maximum absolute atomic E-state index is 11.2. The number of carboxylic acid groups (broad SMARTS) is 1. The van der Waals surface area contributed by atoms with Crippen LogP contribution < -0.4 is 5.32 Å². The molecule has 20 heavy (non-hydrogen) atoms. The minimum atomic E-state index is -0.616. The lowest BCUT2D eigenvalue weighted by atomic mass is 9.79. The molecule has 0 radical (unpaired) electrons. The van der Waals surface area contributed by atoms with Gasteiger partial charge in [0, 0.05) is 17.2 Å². The van der Waals surface area contributed by atoms with Crippen molar-refractivity contribution in [2.45, 2.75) is 30.6 Å². The molecule has 1 aliphatic carbocycles. The molecule has 1 saturated carbocycles. The second-order valence-electron chi connectivity index (χ2n) is 5.35. The molecular formula is C16H23NO2S. The third-order valence-electron chi connectivity index (χ3n) is 3.92. The van der Waals surface area contributed by atoms with Gasteiger partial charge in [-0.1, -0.05) is 31.0 Å². The first-order valence-electron chi connectivity index (χ1n) is 7.39. The summed E-state index contributed by atoms with van der Waals surface area (Å²) in [6, 6.07) is 10.4. The fraction of sp³-hybridized carbons (Fsp3) is 0.562. The third-order valence-corrected chi connectivity index (χ3v) is 4.94. The van der Waals surface area contributed by atoms with Crippen molar-refractivity contribution in [1.82, 2.24) is 5.32 Å². The first-order valence-corrected chi connectivity index (χ1v) is 8.37. The van der Waals surface area contributed by atoms with Crippen LogP contribution in [0, 0.1) is 11.8 Å². The van der Waals surface area contributed by atoms with Gasteiger partial charge < -0.3 is 10.4 Å². The molecule has 0 saturated heterocycles. The smallest absolute Gasteiger partial charge is 0.306 e. The van der Waals surface area contributed by atoms with Gasteiger partial charge in [-0.2, -0.15) is 0 Å². The van der Waals surface area contributed by atoms with E-state index in [0.717, 1.165) is 38.1 Å². The Labute approximate surface area is 125 Å². The van der Waals surface area contributed by atoms with Crippen LogP contribution in [0.2, 0.25) is 0 Å². The summed E-state index contributed by atoms with van der Waals surface area (Å²) in [5, 5.41) is 12.7. The lowest BCUT2D eigenvalue weighted by Crippen LogP contribution is -2.35. The Balaban J connectivity index is 1.63. The van der Waals surface area contributed by atoms with Gasteiger partial charge in [-0.15, -0.1) is 11.8 Å². The van der Waals surface area contributed by atoms with Crippen molar-refractivity contribution in [1.29, 1.82) is 0 Å². The Morgan fingerprint density at radius 2 is 2.00 bits per heavy atom. The van der Waals surface area contributed by atoms with E-state index < -0.39 is 5.97 Å². The molecule has 3 nitrogen and oxygen atoms in total. The number of nitrogens with one attached hydrogen (secondary N) is 1. The average Bonchev–Trinajstić information content (AvgIpc) is 2.48. The van der Waals surface area contributed by atoms with Crippen molar-refractivity contribution in [3.63, 3.8) is 0 Å². The maximum atomic E-state index is 11.2. The largest absolute Gasteiger partial charge is 0.481 e. The molecule has 110 valence electrons. The van der Waals surface area contributed by atoms with Crippen LogP contribution in [0.15, 0.2) is 35.2 Å². The molecule has 0 bridgehead atoms. The van der Waals surface area contributed by atoms with Gasteiger partial charge in [-0.3, -0.25) is 4.79 Å². The first kappa shape index (κ1) is 15.4. The SMILES string of the molecule is O=C(O)C1CCCCC1CNCCSc1ccccc1. The number of benzene rings is 1. The molecule has 2 N–H and O–H groups in total. The van der Waals surface area contributed by atoms with Crippen LogP contribution in [0.3, 0.4) is 0 Å². The summed E-state index contributed by atoms with van der Waals surface area (Å²) in [5.74, 6) is 0.574. The summed E-state index contributed by atoms with van der Waals surface area (Å²) in [4.78, 5) is 12.5. The zero-order valence-electron chi connectivity index (χ0n) is 11.8. The highest BCUT2D eigenvalue weighted by molar-refractivity contribution is 7.99. The van der Waals surface area contributed by atoms with Gasteiger partial charge in [0.25, 0.3) is 0 Å². The van der Waals surface area contributed by atoms with Gasteiger partial charge in [0.15, 0.2) is 0 Å². The fourth-order valence-electron chi connectivity index (χ4n) is 2.82. The molecule has 2 rings (SSSR count).